The van der Waals surface area contributed by atoms with E-state index in [0.717, 1.165) is 32.0 Å². The first kappa shape index (κ1) is 13.7. The number of ether oxygens (including phenoxy) is 1. The third-order valence-corrected chi connectivity index (χ3v) is 2.18. The van der Waals surface area contributed by atoms with Gasteiger partial charge < -0.3 is 10.1 Å². The highest BCUT2D eigenvalue weighted by molar-refractivity contribution is 4.86. The molecule has 0 aromatic carbocycles. The standard InChI is InChI=1S/C12H25NO/c1-4-7-12(2)8-5-6-9-13-10-11-14-3/h5,8,12-13H,4,6-7,9-11H2,1-3H3/b8-5+. The Morgan fingerprint density at radius 3 is 2.79 bits per heavy atom. The zero-order valence-corrected chi connectivity index (χ0v) is 9.88. The zero-order valence-electron chi connectivity index (χ0n) is 9.88. The monoisotopic (exact) mass is 199 g/mol. The number of allylic oxidation sites excluding steroid dienone is 1. The molecule has 0 aromatic rings. The molecule has 84 valence electrons. The van der Waals surface area contributed by atoms with Gasteiger partial charge in [0.2, 0.25) is 0 Å². The van der Waals surface area contributed by atoms with Gasteiger partial charge >= 0.3 is 0 Å². The SMILES string of the molecule is CCCC(C)/C=C/CCNCCOC. The highest BCUT2D eigenvalue weighted by Crippen LogP contribution is 2.06. The molecular formula is C12H25NO. The Balaban J connectivity index is 3.17. The lowest BCUT2D eigenvalue weighted by Gasteiger charge is -2.03. The van der Waals surface area contributed by atoms with Crippen LogP contribution in [0.3, 0.4) is 0 Å². The summed E-state index contributed by atoms with van der Waals surface area (Å²) < 4.78 is 4.94. The third kappa shape index (κ3) is 9.75. The van der Waals surface area contributed by atoms with E-state index in [1.165, 1.54) is 12.8 Å². The molecule has 0 aliphatic rings. The Bertz CT molecular complexity index is 134. The molecule has 0 spiro atoms. The lowest BCUT2D eigenvalue weighted by Crippen LogP contribution is -2.19. The average molecular weight is 199 g/mol. The van der Waals surface area contributed by atoms with Gasteiger partial charge in [-0.05, 0) is 25.3 Å². The third-order valence-electron chi connectivity index (χ3n) is 2.18. The topological polar surface area (TPSA) is 21.3 Å². The van der Waals surface area contributed by atoms with Crippen molar-refractivity contribution in [2.24, 2.45) is 5.92 Å². The summed E-state index contributed by atoms with van der Waals surface area (Å²) in [5.74, 6) is 0.735. The minimum absolute atomic E-state index is 0.735. The van der Waals surface area contributed by atoms with Crippen molar-refractivity contribution in [3.63, 3.8) is 0 Å². The molecule has 1 atom stereocenters. The molecular weight excluding hydrogens is 174 g/mol. The van der Waals surface area contributed by atoms with Crippen molar-refractivity contribution < 1.29 is 4.74 Å². The summed E-state index contributed by atoms with van der Waals surface area (Å²) in [5.41, 5.74) is 0. The van der Waals surface area contributed by atoms with Crippen LogP contribution in [-0.4, -0.2) is 26.8 Å². The highest BCUT2D eigenvalue weighted by atomic mass is 16.5. The highest BCUT2D eigenvalue weighted by Gasteiger charge is 1.92. The molecule has 1 unspecified atom stereocenters. The lowest BCUT2D eigenvalue weighted by atomic mass is 10.1. The van der Waals surface area contributed by atoms with Crippen molar-refractivity contribution in [3.8, 4) is 0 Å². The number of rotatable bonds is 9. The van der Waals surface area contributed by atoms with Gasteiger partial charge in [-0.2, -0.15) is 0 Å². The summed E-state index contributed by atoms with van der Waals surface area (Å²) in [5, 5.41) is 3.32. The zero-order chi connectivity index (χ0) is 10.6. The first-order valence-electron chi connectivity index (χ1n) is 5.67. The van der Waals surface area contributed by atoms with Gasteiger partial charge in [-0.3, -0.25) is 0 Å². The van der Waals surface area contributed by atoms with Crippen LogP contribution in [-0.2, 0) is 4.74 Å². The Kier molecular flexibility index (Phi) is 10.5. The Labute approximate surface area is 88.7 Å². The molecule has 14 heavy (non-hydrogen) atoms. The van der Waals surface area contributed by atoms with Gasteiger partial charge in [0.15, 0.2) is 0 Å². The maximum Gasteiger partial charge on any atom is 0.0587 e. The van der Waals surface area contributed by atoms with Gasteiger partial charge in [0.05, 0.1) is 6.61 Å². The fraction of sp³-hybridized carbons (Fsp3) is 0.833. The molecule has 0 rings (SSSR count). The minimum Gasteiger partial charge on any atom is -0.383 e. The van der Waals surface area contributed by atoms with Crippen molar-refractivity contribution >= 4 is 0 Å². The van der Waals surface area contributed by atoms with Crippen LogP contribution >= 0.6 is 0 Å². The second-order valence-electron chi connectivity index (χ2n) is 3.73. The summed E-state index contributed by atoms with van der Waals surface area (Å²) in [6.45, 7) is 7.32. The Morgan fingerprint density at radius 1 is 1.36 bits per heavy atom. The second-order valence-corrected chi connectivity index (χ2v) is 3.73. The van der Waals surface area contributed by atoms with E-state index < -0.39 is 0 Å². The molecule has 0 radical (unpaired) electrons. The minimum atomic E-state index is 0.735. The van der Waals surface area contributed by atoms with Gasteiger partial charge in [-0.15, -0.1) is 0 Å². The van der Waals surface area contributed by atoms with Gasteiger partial charge in [-0.25, -0.2) is 0 Å². The molecule has 0 aromatic heterocycles. The first-order chi connectivity index (χ1) is 6.81. The quantitative estimate of drug-likeness (QED) is 0.455. The van der Waals surface area contributed by atoms with Crippen LogP contribution in [0.2, 0.25) is 0 Å². The van der Waals surface area contributed by atoms with E-state index in [9.17, 15) is 0 Å². The fourth-order valence-electron chi connectivity index (χ4n) is 1.36. The van der Waals surface area contributed by atoms with Crippen molar-refractivity contribution in [2.75, 3.05) is 26.8 Å². The number of hydrogen-bond acceptors (Lipinski definition) is 2. The molecule has 1 N–H and O–H groups in total. The van der Waals surface area contributed by atoms with Crippen LogP contribution in [0.15, 0.2) is 12.2 Å². The number of methoxy groups -OCH3 is 1. The first-order valence-corrected chi connectivity index (χ1v) is 5.67. The van der Waals surface area contributed by atoms with Crippen molar-refractivity contribution in [2.45, 2.75) is 33.1 Å². The van der Waals surface area contributed by atoms with E-state index in [-0.39, 0.29) is 0 Å². The molecule has 0 aliphatic carbocycles. The van der Waals surface area contributed by atoms with Gasteiger partial charge in [0, 0.05) is 13.7 Å². The molecule has 0 saturated heterocycles. The predicted octanol–water partition coefficient (Wildman–Crippen LogP) is 2.60. The van der Waals surface area contributed by atoms with E-state index >= 15 is 0 Å². The molecule has 0 fully saturated rings. The summed E-state index contributed by atoms with van der Waals surface area (Å²) in [4.78, 5) is 0. The number of nitrogens with one attached hydrogen (secondary N) is 1. The lowest BCUT2D eigenvalue weighted by molar-refractivity contribution is 0.199. The van der Waals surface area contributed by atoms with Gasteiger partial charge in [-0.1, -0.05) is 32.4 Å². The smallest absolute Gasteiger partial charge is 0.0587 e. The molecule has 0 aliphatic heterocycles. The van der Waals surface area contributed by atoms with E-state index in [4.69, 9.17) is 4.74 Å². The Morgan fingerprint density at radius 2 is 2.14 bits per heavy atom. The van der Waals surface area contributed by atoms with Crippen molar-refractivity contribution in [1.82, 2.24) is 5.32 Å². The second kappa shape index (κ2) is 10.7. The molecule has 0 amide bonds. The van der Waals surface area contributed by atoms with Crippen LogP contribution in [0.4, 0.5) is 0 Å². The van der Waals surface area contributed by atoms with Crippen LogP contribution in [0.1, 0.15) is 33.1 Å². The summed E-state index contributed by atoms with van der Waals surface area (Å²) >= 11 is 0. The van der Waals surface area contributed by atoms with Gasteiger partial charge in [0.25, 0.3) is 0 Å². The Hall–Kier alpha value is -0.340. The number of hydrogen-bond donors (Lipinski definition) is 1. The van der Waals surface area contributed by atoms with E-state index in [2.05, 4.69) is 31.3 Å². The summed E-state index contributed by atoms with van der Waals surface area (Å²) in [7, 11) is 1.73. The molecule has 2 heteroatoms. The maximum absolute atomic E-state index is 4.94. The summed E-state index contributed by atoms with van der Waals surface area (Å²) in [6.07, 6.45) is 8.30. The predicted molar refractivity (Wildman–Crippen MR) is 62.6 cm³/mol. The largest absolute Gasteiger partial charge is 0.383 e. The van der Waals surface area contributed by atoms with Crippen molar-refractivity contribution in [3.05, 3.63) is 12.2 Å². The van der Waals surface area contributed by atoms with Gasteiger partial charge in [0.1, 0.15) is 0 Å². The molecule has 0 bridgehead atoms. The van der Waals surface area contributed by atoms with Crippen LogP contribution in [0.25, 0.3) is 0 Å². The van der Waals surface area contributed by atoms with Crippen LogP contribution in [0.5, 0.6) is 0 Å². The molecule has 0 heterocycles. The average Bonchev–Trinajstić information content (AvgIpc) is 2.17. The molecule has 0 saturated carbocycles. The van der Waals surface area contributed by atoms with Crippen molar-refractivity contribution in [1.29, 1.82) is 0 Å². The fourth-order valence-corrected chi connectivity index (χ4v) is 1.36. The van der Waals surface area contributed by atoms with Crippen LogP contribution in [0, 0.1) is 5.92 Å². The van der Waals surface area contributed by atoms with E-state index in [1.807, 2.05) is 0 Å². The van der Waals surface area contributed by atoms with E-state index in [0.29, 0.717) is 0 Å². The summed E-state index contributed by atoms with van der Waals surface area (Å²) in [6, 6.07) is 0. The van der Waals surface area contributed by atoms with Crippen LogP contribution < -0.4 is 5.32 Å². The molecule has 2 nitrogen and oxygen atoms in total. The van der Waals surface area contributed by atoms with E-state index in [1.54, 1.807) is 7.11 Å². The normalized spacial score (nSPS) is 13.6. The maximum atomic E-state index is 4.94.